The van der Waals surface area contributed by atoms with E-state index in [-0.39, 0.29) is 11.5 Å². The van der Waals surface area contributed by atoms with Gasteiger partial charge < -0.3 is 10.2 Å². The van der Waals surface area contributed by atoms with E-state index in [1.165, 1.54) is 11.5 Å². The van der Waals surface area contributed by atoms with Crippen molar-refractivity contribution in [3.63, 3.8) is 0 Å². The van der Waals surface area contributed by atoms with Crippen molar-refractivity contribution in [2.45, 2.75) is 19.8 Å². The predicted octanol–water partition coefficient (Wildman–Crippen LogP) is 3.51. The average molecular weight is 379 g/mol. The van der Waals surface area contributed by atoms with Gasteiger partial charge in [-0.05, 0) is 49.5 Å². The minimum Gasteiger partial charge on any atom is -0.378 e. The van der Waals surface area contributed by atoms with Crippen LogP contribution in [0.3, 0.4) is 0 Å². The van der Waals surface area contributed by atoms with Crippen LogP contribution < -0.4 is 5.32 Å². The summed E-state index contributed by atoms with van der Waals surface area (Å²) in [6.07, 6.45) is 0.845. The molecule has 3 rings (SSSR count). The molecule has 0 bridgehead atoms. The zero-order valence-electron chi connectivity index (χ0n) is 14.5. The second-order valence-electron chi connectivity index (χ2n) is 6.28. The van der Waals surface area contributed by atoms with Crippen LogP contribution in [0.1, 0.15) is 39.3 Å². The molecule has 0 atom stereocenters. The van der Waals surface area contributed by atoms with Crippen LogP contribution in [0.5, 0.6) is 0 Å². The molecule has 26 heavy (non-hydrogen) atoms. The summed E-state index contributed by atoms with van der Waals surface area (Å²) in [5.41, 5.74) is 1.01. The van der Waals surface area contributed by atoms with E-state index >= 15 is 0 Å². The lowest BCUT2D eigenvalue weighted by molar-refractivity contribution is 0.0649. The number of likely N-dealkylation sites (tertiary alicyclic amines) is 1. The Labute approximate surface area is 154 Å². The van der Waals surface area contributed by atoms with E-state index in [0.29, 0.717) is 42.2 Å². The van der Waals surface area contributed by atoms with Gasteiger partial charge in [-0.2, -0.15) is 4.37 Å². The van der Waals surface area contributed by atoms with Gasteiger partial charge in [-0.15, -0.1) is 0 Å². The van der Waals surface area contributed by atoms with Gasteiger partial charge in [-0.3, -0.25) is 9.59 Å². The number of halogens is 2. The number of nitrogens with zero attached hydrogens (tertiary/aromatic N) is 2. The largest absolute Gasteiger partial charge is 0.378 e. The molecule has 0 saturated carbocycles. The summed E-state index contributed by atoms with van der Waals surface area (Å²) >= 11 is 1.23. The molecule has 1 aliphatic rings. The molecule has 1 amide bonds. The first-order valence-corrected chi connectivity index (χ1v) is 9.12. The molecule has 2 aromatic rings. The number of carbonyl (C=O) groups is 2. The van der Waals surface area contributed by atoms with Crippen molar-refractivity contribution in [3.05, 3.63) is 46.7 Å². The standard InChI is InChI=1S/C18H19F2N3O2S/c1-10-15(17(21-2)26-22-10)18(25)23-7-5-11(6-8-23)16(24)13-9-12(19)3-4-14(13)20/h3-4,9,11,21H,5-8H2,1-2H3. The summed E-state index contributed by atoms with van der Waals surface area (Å²) < 4.78 is 31.4. The number of benzene rings is 1. The Morgan fingerprint density at radius 1 is 1.27 bits per heavy atom. The maximum Gasteiger partial charge on any atom is 0.258 e. The van der Waals surface area contributed by atoms with Gasteiger partial charge in [0.1, 0.15) is 16.6 Å². The lowest BCUT2D eigenvalue weighted by atomic mass is 9.88. The van der Waals surface area contributed by atoms with Gasteiger partial charge in [0.15, 0.2) is 5.78 Å². The molecule has 138 valence electrons. The Kier molecular flexibility index (Phi) is 5.31. The fourth-order valence-electron chi connectivity index (χ4n) is 3.20. The number of rotatable bonds is 4. The van der Waals surface area contributed by atoms with E-state index < -0.39 is 23.3 Å². The molecule has 1 aliphatic heterocycles. The van der Waals surface area contributed by atoms with Crippen LogP contribution in [-0.4, -0.2) is 41.1 Å². The third-order valence-electron chi connectivity index (χ3n) is 4.65. The summed E-state index contributed by atoms with van der Waals surface area (Å²) in [5.74, 6) is -2.29. The molecule has 2 heterocycles. The highest BCUT2D eigenvalue weighted by Gasteiger charge is 2.31. The van der Waals surface area contributed by atoms with Crippen LogP contribution in [0.2, 0.25) is 0 Å². The summed E-state index contributed by atoms with van der Waals surface area (Å²) in [4.78, 5) is 27.0. The lowest BCUT2D eigenvalue weighted by Gasteiger charge is -2.31. The topological polar surface area (TPSA) is 62.3 Å². The quantitative estimate of drug-likeness (QED) is 0.826. The van der Waals surface area contributed by atoms with Crippen LogP contribution in [-0.2, 0) is 0 Å². The number of hydrogen-bond donors (Lipinski definition) is 1. The summed E-state index contributed by atoms with van der Waals surface area (Å²) in [6.45, 7) is 2.57. The van der Waals surface area contributed by atoms with Crippen LogP contribution in [0.4, 0.5) is 13.8 Å². The van der Waals surface area contributed by atoms with Gasteiger partial charge in [-0.25, -0.2) is 8.78 Å². The van der Waals surface area contributed by atoms with Crippen molar-refractivity contribution in [1.29, 1.82) is 0 Å². The van der Waals surface area contributed by atoms with Crippen molar-refractivity contribution in [3.8, 4) is 0 Å². The maximum absolute atomic E-state index is 13.8. The van der Waals surface area contributed by atoms with Crippen LogP contribution in [0.15, 0.2) is 18.2 Å². The number of anilines is 1. The molecule has 5 nitrogen and oxygen atoms in total. The van der Waals surface area contributed by atoms with Crippen molar-refractivity contribution < 1.29 is 18.4 Å². The number of hydrogen-bond acceptors (Lipinski definition) is 5. The van der Waals surface area contributed by atoms with Crippen LogP contribution in [0.25, 0.3) is 0 Å². The van der Waals surface area contributed by atoms with E-state index in [2.05, 4.69) is 9.69 Å². The number of carbonyl (C=O) groups excluding carboxylic acids is 2. The Balaban J connectivity index is 1.69. The van der Waals surface area contributed by atoms with E-state index in [4.69, 9.17) is 0 Å². The van der Waals surface area contributed by atoms with E-state index in [0.717, 1.165) is 18.2 Å². The van der Waals surface area contributed by atoms with Crippen molar-refractivity contribution in [2.24, 2.45) is 5.92 Å². The molecule has 1 aromatic carbocycles. The van der Waals surface area contributed by atoms with Crippen molar-refractivity contribution in [1.82, 2.24) is 9.27 Å². The molecule has 1 fully saturated rings. The molecule has 1 N–H and O–H groups in total. The highest BCUT2D eigenvalue weighted by atomic mass is 32.1. The Morgan fingerprint density at radius 3 is 2.62 bits per heavy atom. The van der Waals surface area contributed by atoms with Crippen molar-refractivity contribution >= 4 is 28.2 Å². The molecule has 0 radical (unpaired) electrons. The summed E-state index contributed by atoms with van der Waals surface area (Å²) in [6, 6.07) is 2.89. The second-order valence-corrected chi connectivity index (χ2v) is 7.05. The fourth-order valence-corrected chi connectivity index (χ4v) is 3.94. The number of aromatic nitrogens is 1. The second kappa shape index (κ2) is 7.49. The summed E-state index contributed by atoms with van der Waals surface area (Å²) in [7, 11) is 1.74. The predicted molar refractivity (Wildman–Crippen MR) is 95.7 cm³/mol. The molecule has 0 aliphatic carbocycles. The SMILES string of the molecule is CNc1snc(C)c1C(=O)N1CCC(C(=O)c2cc(F)ccc2F)CC1. The minimum absolute atomic E-state index is 0.122. The number of ketones is 1. The lowest BCUT2D eigenvalue weighted by Crippen LogP contribution is -2.40. The molecular weight excluding hydrogens is 360 g/mol. The number of nitrogens with one attached hydrogen (secondary N) is 1. The van der Waals surface area contributed by atoms with Gasteiger partial charge in [0, 0.05) is 26.1 Å². The number of Topliss-reactive ketones (excluding diaryl/α,β-unsaturated/α-hetero) is 1. The number of piperidine rings is 1. The minimum atomic E-state index is -0.714. The first-order chi connectivity index (χ1) is 12.4. The first-order valence-electron chi connectivity index (χ1n) is 8.35. The number of aryl methyl sites for hydroxylation is 1. The van der Waals surface area contributed by atoms with Gasteiger partial charge in [0.25, 0.3) is 5.91 Å². The first kappa shape index (κ1) is 18.4. The number of amides is 1. The zero-order valence-corrected chi connectivity index (χ0v) is 15.3. The average Bonchev–Trinajstić information content (AvgIpc) is 3.03. The third-order valence-corrected chi connectivity index (χ3v) is 5.61. The Bertz CT molecular complexity index is 845. The molecule has 0 unspecified atom stereocenters. The van der Waals surface area contributed by atoms with Gasteiger partial charge in [-0.1, -0.05) is 0 Å². The van der Waals surface area contributed by atoms with E-state index in [1.54, 1.807) is 18.9 Å². The van der Waals surface area contributed by atoms with Crippen molar-refractivity contribution in [2.75, 3.05) is 25.5 Å². The molecule has 8 heteroatoms. The Hall–Kier alpha value is -2.35. The smallest absolute Gasteiger partial charge is 0.258 e. The zero-order chi connectivity index (χ0) is 18.8. The third kappa shape index (κ3) is 3.46. The summed E-state index contributed by atoms with van der Waals surface area (Å²) in [5, 5.41) is 3.69. The van der Waals surface area contributed by atoms with E-state index in [9.17, 15) is 18.4 Å². The normalized spacial score (nSPS) is 15.2. The Morgan fingerprint density at radius 2 is 1.96 bits per heavy atom. The fraction of sp³-hybridized carbons (Fsp3) is 0.389. The highest BCUT2D eigenvalue weighted by Crippen LogP contribution is 2.29. The molecule has 0 spiro atoms. The van der Waals surface area contributed by atoms with E-state index in [1.807, 2.05) is 0 Å². The van der Waals surface area contributed by atoms with Gasteiger partial charge in [0.2, 0.25) is 0 Å². The monoisotopic (exact) mass is 379 g/mol. The van der Waals surface area contributed by atoms with Crippen LogP contribution in [0, 0.1) is 24.5 Å². The maximum atomic E-state index is 13.8. The molecule has 1 aromatic heterocycles. The van der Waals surface area contributed by atoms with Gasteiger partial charge >= 0.3 is 0 Å². The molecular formula is C18H19F2N3O2S. The highest BCUT2D eigenvalue weighted by molar-refractivity contribution is 7.10. The van der Waals surface area contributed by atoms with Gasteiger partial charge in [0.05, 0.1) is 16.8 Å². The van der Waals surface area contributed by atoms with Crippen LogP contribution >= 0.6 is 11.5 Å². The molecule has 1 saturated heterocycles.